The van der Waals surface area contributed by atoms with Crippen molar-refractivity contribution < 1.29 is 14.6 Å². The molecule has 5 nitrogen and oxygen atoms in total. The van der Waals surface area contributed by atoms with E-state index in [1.54, 1.807) is 36.4 Å². The monoisotopic (exact) mass is 324 g/mol. The number of carbonyl (C=O) groups is 1. The molecule has 1 atom stereocenters. The fraction of sp³-hybridized carbons (Fsp3) is 0.263. The van der Waals surface area contributed by atoms with Gasteiger partial charge in [-0.1, -0.05) is 18.2 Å². The van der Waals surface area contributed by atoms with Crippen LogP contribution in [0, 0.1) is 11.3 Å². The first-order valence-corrected chi connectivity index (χ1v) is 7.72. The first-order valence-electron chi connectivity index (χ1n) is 7.72. The summed E-state index contributed by atoms with van der Waals surface area (Å²) in [5.41, 5.74) is 1.47. The summed E-state index contributed by atoms with van der Waals surface area (Å²) in [7, 11) is 0. The summed E-state index contributed by atoms with van der Waals surface area (Å²) in [6, 6.07) is 15.6. The lowest BCUT2D eigenvalue weighted by Crippen LogP contribution is -2.28. The molecule has 0 saturated carbocycles. The van der Waals surface area contributed by atoms with Crippen molar-refractivity contribution in [1.82, 2.24) is 5.32 Å². The summed E-state index contributed by atoms with van der Waals surface area (Å²) in [6.07, 6.45) is -0.798. The SMILES string of the molecule is CC(C)Oc1cccc([C@@H](O)CNC(=O)c2cccc(C#N)c2)c1. The minimum Gasteiger partial charge on any atom is -0.491 e. The molecule has 0 aliphatic rings. The highest BCUT2D eigenvalue weighted by atomic mass is 16.5. The zero-order valence-corrected chi connectivity index (χ0v) is 13.7. The number of carbonyl (C=O) groups excluding carboxylic acids is 1. The van der Waals surface area contributed by atoms with Crippen molar-refractivity contribution in [2.45, 2.75) is 26.1 Å². The Bertz CT molecular complexity index is 750. The lowest BCUT2D eigenvalue weighted by molar-refractivity contribution is 0.0916. The molecule has 24 heavy (non-hydrogen) atoms. The fourth-order valence-corrected chi connectivity index (χ4v) is 2.21. The molecule has 0 aliphatic carbocycles. The molecule has 2 aromatic rings. The molecule has 0 bridgehead atoms. The zero-order chi connectivity index (χ0) is 17.5. The third kappa shape index (κ3) is 4.83. The molecule has 0 aromatic heterocycles. The summed E-state index contributed by atoms with van der Waals surface area (Å²) in [5.74, 6) is 0.343. The van der Waals surface area contributed by atoms with Crippen molar-refractivity contribution in [3.05, 3.63) is 65.2 Å². The molecule has 0 heterocycles. The van der Waals surface area contributed by atoms with Crippen LogP contribution >= 0.6 is 0 Å². The Morgan fingerprint density at radius 1 is 1.25 bits per heavy atom. The molecule has 0 saturated heterocycles. The van der Waals surface area contributed by atoms with Gasteiger partial charge in [0, 0.05) is 12.1 Å². The van der Waals surface area contributed by atoms with Crippen LogP contribution in [-0.2, 0) is 0 Å². The Kier molecular flexibility index (Phi) is 5.94. The van der Waals surface area contributed by atoms with Crippen molar-refractivity contribution in [2.75, 3.05) is 6.54 Å². The molecule has 0 aliphatic heterocycles. The van der Waals surface area contributed by atoms with E-state index in [1.807, 2.05) is 26.0 Å². The van der Waals surface area contributed by atoms with Crippen LogP contribution in [0.25, 0.3) is 0 Å². The molecule has 1 amide bonds. The molecule has 2 aromatic carbocycles. The number of rotatable bonds is 6. The Morgan fingerprint density at radius 2 is 2.00 bits per heavy atom. The van der Waals surface area contributed by atoms with Gasteiger partial charge in [0.2, 0.25) is 0 Å². The van der Waals surface area contributed by atoms with Gasteiger partial charge in [0.15, 0.2) is 0 Å². The number of aliphatic hydroxyl groups excluding tert-OH is 1. The number of ether oxygens (including phenoxy) is 1. The Balaban J connectivity index is 1.98. The van der Waals surface area contributed by atoms with Crippen molar-refractivity contribution in [3.8, 4) is 11.8 Å². The number of amides is 1. The Morgan fingerprint density at radius 3 is 2.71 bits per heavy atom. The Labute approximate surface area is 141 Å². The Hall–Kier alpha value is -2.84. The number of aliphatic hydroxyl groups is 1. The maximum absolute atomic E-state index is 12.1. The highest BCUT2D eigenvalue weighted by Crippen LogP contribution is 2.20. The van der Waals surface area contributed by atoms with Crippen LogP contribution in [0.3, 0.4) is 0 Å². The highest BCUT2D eigenvalue weighted by Gasteiger charge is 2.12. The van der Waals surface area contributed by atoms with E-state index in [-0.39, 0.29) is 18.6 Å². The normalized spacial score (nSPS) is 11.6. The second-order valence-electron chi connectivity index (χ2n) is 5.66. The lowest BCUT2D eigenvalue weighted by Gasteiger charge is -2.15. The molecular formula is C19H20N2O3. The molecule has 0 radical (unpaired) electrons. The number of nitrogens with one attached hydrogen (secondary N) is 1. The van der Waals surface area contributed by atoms with Crippen molar-refractivity contribution in [1.29, 1.82) is 5.26 Å². The summed E-state index contributed by atoms with van der Waals surface area (Å²) >= 11 is 0. The van der Waals surface area contributed by atoms with E-state index in [0.29, 0.717) is 22.4 Å². The van der Waals surface area contributed by atoms with Gasteiger partial charge < -0.3 is 15.2 Å². The van der Waals surface area contributed by atoms with E-state index < -0.39 is 6.10 Å². The van der Waals surface area contributed by atoms with Crippen LogP contribution in [0.5, 0.6) is 5.75 Å². The molecule has 5 heteroatoms. The van der Waals surface area contributed by atoms with Gasteiger partial charge in [-0.2, -0.15) is 5.26 Å². The van der Waals surface area contributed by atoms with Crippen LogP contribution in [0.4, 0.5) is 0 Å². The molecular weight excluding hydrogens is 304 g/mol. The average Bonchev–Trinajstić information content (AvgIpc) is 2.59. The van der Waals surface area contributed by atoms with Gasteiger partial charge >= 0.3 is 0 Å². The van der Waals surface area contributed by atoms with E-state index in [9.17, 15) is 9.90 Å². The van der Waals surface area contributed by atoms with Gasteiger partial charge in [-0.05, 0) is 49.7 Å². The number of benzene rings is 2. The van der Waals surface area contributed by atoms with Gasteiger partial charge in [0.1, 0.15) is 5.75 Å². The van der Waals surface area contributed by atoms with Crippen molar-refractivity contribution in [2.24, 2.45) is 0 Å². The zero-order valence-electron chi connectivity index (χ0n) is 13.7. The standard InChI is InChI=1S/C19H20N2O3/c1-13(2)24-17-8-4-6-15(10-17)18(22)12-21-19(23)16-7-3-5-14(9-16)11-20/h3-10,13,18,22H,12H2,1-2H3,(H,21,23)/t18-/m0/s1. The largest absolute Gasteiger partial charge is 0.491 e. The highest BCUT2D eigenvalue weighted by molar-refractivity contribution is 5.94. The molecule has 2 N–H and O–H groups in total. The fourth-order valence-electron chi connectivity index (χ4n) is 2.21. The van der Waals surface area contributed by atoms with E-state index in [1.165, 1.54) is 6.07 Å². The van der Waals surface area contributed by atoms with Crippen LogP contribution in [0.2, 0.25) is 0 Å². The lowest BCUT2D eigenvalue weighted by atomic mass is 10.1. The van der Waals surface area contributed by atoms with Crippen molar-refractivity contribution in [3.63, 3.8) is 0 Å². The quantitative estimate of drug-likeness (QED) is 0.856. The van der Waals surface area contributed by atoms with E-state index in [2.05, 4.69) is 5.32 Å². The topological polar surface area (TPSA) is 82.3 Å². The smallest absolute Gasteiger partial charge is 0.251 e. The van der Waals surface area contributed by atoms with Crippen LogP contribution < -0.4 is 10.1 Å². The summed E-state index contributed by atoms with van der Waals surface area (Å²) in [6.45, 7) is 3.93. The van der Waals surface area contributed by atoms with Gasteiger partial charge in [0.25, 0.3) is 5.91 Å². The number of nitrogens with zero attached hydrogens (tertiary/aromatic N) is 1. The number of hydrogen-bond donors (Lipinski definition) is 2. The second kappa shape index (κ2) is 8.14. The van der Waals surface area contributed by atoms with Gasteiger partial charge in [0.05, 0.1) is 23.8 Å². The van der Waals surface area contributed by atoms with Crippen molar-refractivity contribution >= 4 is 5.91 Å². The van der Waals surface area contributed by atoms with Crippen LogP contribution in [0.15, 0.2) is 48.5 Å². The van der Waals surface area contributed by atoms with Crippen LogP contribution in [0.1, 0.15) is 41.4 Å². The summed E-state index contributed by atoms with van der Waals surface area (Å²) in [5, 5.41) is 21.8. The van der Waals surface area contributed by atoms with Crippen LogP contribution in [-0.4, -0.2) is 23.7 Å². The predicted octanol–water partition coefficient (Wildman–Crippen LogP) is 2.81. The minimum atomic E-state index is -0.844. The first-order chi connectivity index (χ1) is 11.5. The molecule has 124 valence electrons. The van der Waals surface area contributed by atoms with E-state index >= 15 is 0 Å². The average molecular weight is 324 g/mol. The predicted molar refractivity (Wildman–Crippen MR) is 90.7 cm³/mol. The number of nitriles is 1. The molecule has 0 unspecified atom stereocenters. The maximum atomic E-state index is 12.1. The molecule has 0 fully saturated rings. The second-order valence-corrected chi connectivity index (χ2v) is 5.66. The first kappa shape index (κ1) is 17.5. The number of hydrogen-bond acceptors (Lipinski definition) is 4. The summed E-state index contributed by atoms with van der Waals surface area (Å²) < 4.78 is 5.60. The minimum absolute atomic E-state index is 0.0458. The third-order valence-corrected chi connectivity index (χ3v) is 3.32. The molecule has 0 spiro atoms. The van der Waals surface area contributed by atoms with Gasteiger partial charge in [-0.15, -0.1) is 0 Å². The summed E-state index contributed by atoms with van der Waals surface area (Å²) in [4.78, 5) is 12.1. The van der Waals surface area contributed by atoms with E-state index in [4.69, 9.17) is 10.00 Å². The van der Waals surface area contributed by atoms with E-state index in [0.717, 1.165) is 0 Å². The van der Waals surface area contributed by atoms with Gasteiger partial charge in [-0.25, -0.2) is 0 Å². The van der Waals surface area contributed by atoms with Gasteiger partial charge in [-0.3, -0.25) is 4.79 Å². The molecule has 2 rings (SSSR count). The maximum Gasteiger partial charge on any atom is 0.251 e. The third-order valence-electron chi connectivity index (χ3n) is 3.32.